The van der Waals surface area contributed by atoms with Crippen molar-refractivity contribution < 1.29 is 19.2 Å². The first-order valence-corrected chi connectivity index (χ1v) is 8.13. The number of nitrogens with one attached hydrogen (secondary N) is 2. The van der Waals surface area contributed by atoms with Gasteiger partial charge in [-0.25, -0.2) is 9.80 Å². The first-order chi connectivity index (χ1) is 11.3. The van der Waals surface area contributed by atoms with Crippen molar-refractivity contribution in [1.82, 2.24) is 15.8 Å². The van der Waals surface area contributed by atoms with Gasteiger partial charge in [0.2, 0.25) is 17.7 Å². The molecule has 9 heteroatoms. The molecule has 8 nitrogen and oxygen atoms in total. The van der Waals surface area contributed by atoms with Crippen molar-refractivity contribution in [2.45, 2.75) is 13.3 Å². The van der Waals surface area contributed by atoms with Crippen LogP contribution in [0.4, 0.5) is 10.5 Å². The molecule has 3 rings (SSSR count). The van der Waals surface area contributed by atoms with Gasteiger partial charge in [0.15, 0.2) is 0 Å². The number of amides is 5. The summed E-state index contributed by atoms with van der Waals surface area (Å²) in [4.78, 5) is 48.6. The number of carbonyl (C=O) groups excluding carboxylic acids is 4. The molecule has 0 unspecified atom stereocenters. The number of benzene rings is 1. The first kappa shape index (κ1) is 16.4. The Hall–Kier alpha value is -2.42. The highest BCUT2D eigenvalue weighted by Crippen LogP contribution is 2.28. The van der Waals surface area contributed by atoms with Crippen LogP contribution in [0.1, 0.15) is 12.0 Å². The van der Waals surface area contributed by atoms with Crippen LogP contribution >= 0.6 is 15.9 Å². The molecule has 0 aliphatic carbocycles. The van der Waals surface area contributed by atoms with Crippen LogP contribution < -0.4 is 15.6 Å². The highest BCUT2D eigenvalue weighted by molar-refractivity contribution is 9.10. The second kappa shape index (κ2) is 6.23. The SMILES string of the molecule is Cc1cc(N2C[C@@H](C(=O)NN3CC(=O)NC3=O)CC2=O)ccc1Br. The van der Waals surface area contributed by atoms with Crippen LogP contribution in [0.3, 0.4) is 0 Å². The minimum Gasteiger partial charge on any atom is -0.312 e. The Labute approximate surface area is 146 Å². The minimum absolute atomic E-state index is 0.0599. The van der Waals surface area contributed by atoms with E-state index in [4.69, 9.17) is 0 Å². The molecule has 2 aliphatic rings. The predicted octanol–water partition coefficient (Wildman–Crippen LogP) is 0.693. The molecule has 1 aromatic rings. The number of hydrazine groups is 1. The number of anilines is 1. The van der Waals surface area contributed by atoms with Gasteiger partial charge in [0.1, 0.15) is 6.54 Å². The molecule has 1 aromatic carbocycles. The van der Waals surface area contributed by atoms with Gasteiger partial charge in [0.05, 0.1) is 5.92 Å². The van der Waals surface area contributed by atoms with Gasteiger partial charge >= 0.3 is 6.03 Å². The lowest BCUT2D eigenvalue weighted by Crippen LogP contribution is -2.47. The normalized spacial score (nSPS) is 20.6. The number of imide groups is 1. The number of urea groups is 1. The van der Waals surface area contributed by atoms with Crippen LogP contribution in [0, 0.1) is 12.8 Å². The van der Waals surface area contributed by atoms with Gasteiger partial charge in [0, 0.05) is 23.1 Å². The van der Waals surface area contributed by atoms with Crippen LogP contribution in [0.2, 0.25) is 0 Å². The number of carbonyl (C=O) groups is 4. The van der Waals surface area contributed by atoms with Crippen molar-refractivity contribution in [2.24, 2.45) is 5.92 Å². The van der Waals surface area contributed by atoms with Crippen molar-refractivity contribution in [3.63, 3.8) is 0 Å². The second-order valence-corrected chi connectivity index (χ2v) is 6.61. The molecule has 5 amide bonds. The maximum Gasteiger partial charge on any atom is 0.343 e. The highest BCUT2D eigenvalue weighted by Gasteiger charge is 2.37. The van der Waals surface area contributed by atoms with E-state index in [9.17, 15) is 19.2 Å². The highest BCUT2D eigenvalue weighted by atomic mass is 79.9. The Balaban J connectivity index is 1.67. The smallest absolute Gasteiger partial charge is 0.312 e. The number of hydrogen-bond acceptors (Lipinski definition) is 4. The first-order valence-electron chi connectivity index (χ1n) is 7.33. The van der Waals surface area contributed by atoms with Gasteiger partial charge in [-0.05, 0) is 30.7 Å². The molecule has 0 saturated carbocycles. The third-order valence-electron chi connectivity index (χ3n) is 3.99. The summed E-state index contributed by atoms with van der Waals surface area (Å²) in [5.41, 5.74) is 4.10. The van der Waals surface area contributed by atoms with E-state index in [-0.39, 0.29) is 25.4 Å². The monoisotopic (exact) mass is 394 g/mol. The van der Waals surface area contributed by atoms with Gasteiger partial charge in [-0.2, -0.15) is 0 Å². The van der Waals surface area contributed by atoms with Crippen molar-refractivity contribution in [1.29, 1.82) is 0 Å². The van der Waals surface area contributed by atoms with Crippen LogP contribution in [0.5, 0.6) is 0 Å². The molecule has 0 bridgehead atoms. The van der Waals surface area contributed by atoms with E-state index in [2.05, 4.69) is 26.7 Å². The van der Waals surface area contributed by atoms with Gasteiger partial charge in [0.25, 0.3) is 0 Å². The van der Waals surface area contributed by atoms with Crippen LogP contribution in [-0.2, 0) is 14.4 Å². The van der Waals surface area contributed by atoms with Crippen molar-refractivity contribution in [2.75, 3.05) is 18.0 Å². The summed E-state index contributed by atoms with van der Waals surface area (Å²) in [5.74, 6) is -1.66. The second-order valence-electron chi connectivity index (χ2n) is 5.75. The standard InChI is InChI=1S/C15H15BrN4O4/c1-8-4-10(2-3-11(8)16)19-6-9(5-13(19)22)14(23)18-20-7-12(21)17-15(20)24/h2-4,9H,5-7H2,1H3,(H,18,23)(H,17,21,24)/t9-/m0/s1. The maximum atomic E-state index is 12.3. The van der Waals surface area contributed by atoms with E-state index in [1.54, 1.807) is 4.90 Å². The molecule has 1 atom stereocenters. The van der Waals surface area contributed by atoms with Gasteiger partial charge < -0.3 is 4.90 Å². The topological polar surface area (TPSA) is 98.8 Å². The Morgan fingerprint density at radius 3 is 2.71 bits per heavy atom. The Morgan fingerprint density at radius 1 is 1.33 bits per heavy atom. The van der Waals surface area contributed by atoms with Crippen LogP contribution in [0.25, 0.3) is 0 Å². The number of halogens is 1. The Bertz CT molecular complexity index is 751. The largest absolute Gasteiger partial charge is 0.343 e. The molecule has 2 N–H and O–H groups in total. The van der Waals surface area contributed by atoms with E-state index in [0.29, 0.717) is 0 Å². The molecule has 0 spiro atoms. The zero-order valence-electron chi connectivity index (χ0n) is 12.8. The zero-order chi connectivity index (χ0) is 17.4. The van der Waals surface area contributed by atoms with Gasteiger partial charge in [-0.1, -0.05) is 15.9 Å². The maximum absolute atomic E-state index is 12.3. The lowest BCUT2D eigenvalue weighted by Gasteiger charge is -2.19. The summed E-state index contributed by atoms with van der Waals surface area (Å²) >= 11 is 3.41. The fourth-order valence-corrected chi connectivity index (χ4v) is 2.93. The lowest BCUT2D eigenvalue weighted by molar-refractivity contribution is -0.129. The van der Waals surface area contributed by atoms with Crippen molar-refractivity contribution in [3.8, 4) is 0 Å². The zero-order valence-corrected chi connectivity index (χ0v) is 14.4. The summed E-state index contributed by atoms with van der Waals surface area (Å²) in [7, 11) is 0. The predicted molar refractivity (Wildman–Crippen MR) is 87.7 cm³/mol. The Kier molecular flexibility index (Phi) is 4.27. The van der Waals surface area contributed by atoms with Crippen molar-refractivity contribution in [3.05, 3.63) is 28.2 Å². The summed E-state index contributed by atoms with van der Waals surface area (Å²) in [6.07, 6.45) is 0.0599. The number of hydrogen-bond donors (Lipinski definition) is 2. The average Bonchev–Trinajstić information content (AvgIpc) is 3.05. The van der Waals surface area contributed by atoms with Gasteiger partial charge in [-0.3, -0.25) is 25.1 Å². The molecule has 126 valence electrons. The Morgan fingerprint density at radius 2 is 2.08 bits per heavy atom. The summed E-state index contributed by atoms with van der Waals surface area (Å²) in [6, 6.07) is 4.86. The number of aryl methyl sites for hydroxylation is 1. The van der Waals surface area contributed by atoms with Gasteiger partial charge in [-0.15, -0.1) is 0 Å². The quantitative estimate of drug-likeness (QED) is 0.736. The molecule has 24 heavy (non-hydrogen) atoms. The molecular formula is C15H15BrN4O4. The fourth-order valence-electron chi connectivity index (χ4n) is 2.69. The third kappa shape index (κ3) is 3.12. The van der Waals surface area contributed by atoms with E-state index in [0.717, 1.165) is 20.7 Å². The van der Waals surface area contributed by atoms with Crippen LogP contribution in [-0.4, -0.2) is 41.9 Å². The summed E-state index contributed by atoms with van der Waals surface area (Å²) in [6.45, 7) is 1.93. The van der Waals surface area contributed by atoms with E-state index in [1.807, 2.05) is 25.1 Å². The fraction of sp³-hybridized carbons (Fsp3) is 0.333. The van der Waals surface area contributed by atoms with Crippen LogP contribution in [0.15, 0.2) is 22.7 Å². The molecule has 2 aliphatic heterocycles. The average molecular weight is 395 g/mol. The number of rotatable bonds is 3. The molecule has 2 heterocycles. The summed E-state index contributed by atoms with van der Waals surface area (Å²) in [5, 5.41) is 2.99. The third-order valence-corrected chi connectivity index (χ3v) is 4.88. The van der Waals surface area contributed by atoms with Crippen molar-refractivity contribution >= 4 is 45.4 Å². The molecule has 0 radical (unpaired) electrons. The van der Waals surface area contributed by atoms with E-state index >= 15 is 0 Å². The molecular weight excluding hydrogens is 380 g/mol. The summed E-state index contributed by atoms with van der Waals surface area (Å²) < 4.78 is 0.942. The number of nitrogens with zero attached hydrogens (tertiary/aromatic N) is 2. The minimum atomic E-state index is -0.668. The van der Waals surface area contributed by atoms with E-state index < -0.39 is 23.8 Å². The van der Waals surface area contributed by atoms with E-state index in [1.165, 1.54) is 0 Å². The molecule has 0 aromatic heterocycles. The molecule has 2 fully saturated rings. The lowest BCUT2D eigenvalue weighted by atomic mass is 10.1. The molecule has 2 saturated heterocycles.